The van der Waals surface area contributed by atoms with E-state index in [9.17, 15) is 4.79 Å². The molecule has 0 radical (unpaired) electrons. The van der Waals surface area contributed by atoms with Crippen LogP contribution in [0.25, 0.3) is 0 Å². The summed E-state index contributed by atoms with van der Waals surface area (Å²) in [5.74, 6) is 0.200. The van der Waals surface area contributed by atoms with Gasteiger partial charge in [0, 0.05) is 23.3 Å². The molecule has 2 N–H and O–H groups in total. The molecule has 2 aromatic rings. The number of hydrogen-bond acceptors (Lipinski definition) is 5. The lowest BCUT2D eigenvalue weighted by molar-refractivity contribution is 0.102. The predicted molar refractivity (Wildman–Crippen MR) is 101 cm³/mol. The Morgan fingerprint density at radius 2 is 1.96 bits per heavy atom. The van der Waals surface area contributed by atoms with Crippen LogP contribution in [0.1, 0.15) is 21.7 Å². The summed E-state index contributed by atoms with van der Waals surface area (Å²) < 4.78 is 0.839. The first-order valence-electron chi connectivity index (χ1n) is 7.67. The first-order valence-corrected chi connectivity index (χ1v) is 8.46. The molecule has 0 atom stereocenters. The highest BCUT2D eigenvalue weighted by atomic mass is 79.9. The Kier molecular flexibility index (Phi) is 6.28. The van der Waals surface area contributed by atoms with Gasteiger partial charge in [0.15, 0.2) is 0 Å². The van der Waals surface area contributed by atoms with Gasteiger partial charge < -0.3 is 15.5 Å². The number of hydrogen-bond donors (Lipinski definition) is 2. The summed E-state index contributed by atoms with van der Waals surface area (Å²) in [5.41, 5.74) is 2.90. The molecule has 0 aliphatic rings. The highest BCUT2D eigenvalue weighted by Crippen LogP contribution is 2.23. The lowest BCUT2D eigenvalue weighted by atomic mass is 10.2. The molecule has 24 heavy (non-hydrogen) atoms. The Morgan fingerprint density at radius 3 is 2.62 bits per heavy atom. The molecule has 7 heteroatoms. The Bertz CT molecular complexity index is 733. The largest absolute Gasteiger partial charge is 0.353 e. The number of rotatable bonds is 6. The Morgan fingerprint density at radius 1 is 1.21 bits per heavy atom. The van der Waals surface area contributed by atoms with Crippen molar-refractivity contribution in [2.45, 2.75) is 13.8 Å². The van der Waals surface area contributed by atoms with E-state index in [0.29, 0.717) is 23.9 Å². The van der Waals surface area contributed by atoms with Gasteiger partial charge in [-0.1, -0.05) is 6.07 Å². The van der Waals surface area contributed by atoms with Gasteiger partial charge in [-0.3, -0.25) is 4.79 Å². The molecule has 0 fully saturated rings. The maximum atomic E-state index is 12.5. The molecule has 1 heterocycles. The minimum atomic E-state index is -0.263. The highest BCUT2D eigenvalue weighted by Gasteiger charge is 2.12. The maximum Gasteiger partial charge on any atom is 0.274 e. The maximum absolute atomic E-state index is 12.5. The van der Waals surface area contributed by atoms with Crippen LogP contribution in [0.2, 0.25) is 0 Å². The second-order valence-corrected chi connectivity index (χ2v) is 6.74. The molecular formula is C17H22BrN5O. The Hall–Kier alpha value is -1.99. The van der Waals surface area contributed by atoms with E-state index in [1.807, 2.05) is 46.1 Å². The molecule has 0 saturated heterocycles. The molecule has 1 amide bonds. The Balaban J connectivity index is 2.12. The van der Waals surface area contributed by atoms with Crippen LogP contribution in [0.3, 0.4) is 0 Å². The molecular weight excluding hydrogens is 370 g/mol. The van der Waals surface area contributed by atoms with E-state index in [0.717, 1.165) is 22.3 Å². The van der Waals surface area contributed by atoms with Crippen LogP contribution in [0.4, 0.5) is 11.6 Å². The number of likely N-dealkylation sites (N-methyl/N-ethyl adjacent to an activating group) is 1. The van der Waals surface area contributed by atoms with Crippen LogP contribution in [0, 0.1) is 13.8 Å². The zero-order chi connectivity index (χ0) is 17.7. The number of anilines is 2. The summed E-state index contributed by atoms with van der Waals surface area (Å²) in [7, 11) is 3.99. The van der Waals surface area contributed by atoms with Crippen molar-refractivity contribution in [1.29, 1.82) is 0 Å². The van der Waals surface area contributed by atoms with Crippen LogP contribution in [-0.4, -0.2) is 48.0 Å². The van der Waals surface area contributed by atoms with Crippen LogP contribution in [0.5, 0.6) is 0 Å². The van der Waals surface area contributed by atoms with Gasteiger partial charge in [-0.25, -0.2) is 9.97 Å². The van der Waals surface area contributed by atoms with Gasteiger partial charge >= 0.3 is 0 Å². The monoisotopic (exact) mass is 391 g/mol. The summed E-state index contributed by atoms with van der Waals surface area (Å²) in [6, 6.07) is 7.44. The minimum Gasteiger partial charge on any atom is -0.353 e. The molecule has 2 rings (SSSR count). The van der Waals surface area contributed by atoms with Crippen LogP contribution < -0.4 is 10.6 Å². The fourth-order valence-corrected chi connectivity index (χ4v) is 2.66. The molecule has 6 nitrogen and oxygen atoms in total. The molecule has 0 bridgehead atoms. The van der Waals surface area contributed by atoms with Crippen molar-refractivity contribution in [3.63, 3.8) is 0 Å². The predicted octanol–water partition coefficient (Wildman–Crippen LogP) is 3.08. The molecule has 1 aromatic heterocycles. The van der Waals surface area contributed by atoms with Gasteiger partial charge in [-0.15, -0.1) is 0 Å². The number of carbonyl (C=O) groups is 1. The van der Waals surface area contributed by atoms with Gasteiger partial charge in [0.05, 0.1) is 5.69 Å². The summed E-state index contributed by atoms with van der Waals surface area (Å²) in [4.78, 5) is 23.2. The number of halogens is 1. The highest BCUT2D eigenvalue weighted by molar-refractivity contribution is 9.10. The van der Waals surface area contributed by atoms with E-state index < -0.39 is 0 Å². The van der Waals surface area contributed by atoms with Gasteiger partial charge in [0.1, 0.15) is 5.69 Å². The summed E-state index contributed by atoms with van der Waals surface area (Å²) in [6.07, 6.45) is 0. The fraction of sp³-hybridized carbons (Fsp3) is 0.353. The molecule has 128 valence electrons. The van der Waals surface area contributed by atoms with Gasteiger partial charge in [0.25, 0.3) is 5.91 Å². The third-order valence-electron chi connectivity index (χ3n) is 3.30. The quantitative estimate of drug-likeness (QED) is 0.791. The number of amides is 1. The van der Waals surface area contributed by atoms with Crippen molar-refractivity contribution < 1.29 is 4.79 Å². The van der Waals surface area contributed by atoms with Crippen molar-refractivity contribution in [1.82, 2.24) is 14.9 Å². The third kappa shape index (κ3) is 5.28. The smallest absolute Gasteiger partial charge is 0.274 e. The van der Waals surface area contributed by atoms with Crippen molar-refractivity contribution in [2.24, 2.45) is 0 Å². The summed E-state index contributed by atoms with van der Waals surface area (Å²) in [6.45, 7) is 5.41. The van der Waals surface area contributed by atoms with E-state index in [1.165, 1.54) is 0 Å². The van der Waals surface area contributed by atoms with Crippen molar-refractivity contribution in [2.75, 3.05) is 37.8 Å². The summed E-state index contributed by atoms with van der Waals surface area (Å²) in [5, 5.41) is 6.01. The van der Waals surface area contributed by atoms with Crippen molar-refractivity contribution >= 4 is 33.5 Å². The average molecular weight is 392 g/mol. The lowest BCUT2D eigenvalue weighted by Crippen LogP contribution is -2.22. The second-order valence-electron chi connectivity index (χ2n) is 5.89. The Labute approximate surface area is 150 Å². The van der Waals surface area contributed by atoms with Gasteiger partial charge in [-0.2, -0.15) is 0 Å². The number of benzene rings is 1. The van der Waals surface area contributed by atoms with Crippen LogP contribution in [-0.2, 0) is 0 Å². The van der Waals surface area contributed by atoms with Crippen molar-refractivity contribution in [3.05, 3.63) is 45.7 Å². The number of aryl methyl sites for hydroxylation is 2. The third-order valence-corrected chi connectivity index (χ3v) is 3.96. The first kappa shape index (κ1) is 18.4. The SMILES string of the molecule is Cc1ccc(NC(=O)c2cc(C)nc(NCCN(C)C)n2)c(Br)c1. The number of aromatic nitrogens is 2. The van der Waals surface area contributed by atoms with E-state index in [2.05, 4.69) is 41.4 Å². The van der Waals surface area contributed by atoms with E-state index in [1.54, 1.807) is 6.07 Å². The lowest BCUT2D eigenvalue weighted by Gasteiger charge is -2.12. The van der Waals surface area contributed by atoms with Gasteiger partial charge in [-0.05, 0) is 67.6 Å². The van der Waals surface area contributed by atoms with Gasteiger partial charge in [0.2, 0.25) is 5.95 Å². The number of carbonyl (C=O) groups excluding carboxylic acids is 1. The van der Waals surface area contributed by atoms with Crippen LogP contribution >= 0.6 is 15.9 Å². The van der Waals surface area contributed by atoms with E-state index in [-0.39, 0.29) is 5.91 Å². The average Bonchev–Trinajstić information content (AvgIpc) is 2.49. The molecule has 1 aromatic carbocycles. The standard InChI is InChI=1S/C17H22BrN5O/c1-11-5-6-14(13(18)9-11)21-16(24)15-10-12(2)20-17(22-15)19-7-8-23(3)4/h5-6,9-10H,7-8H2,1-4H3,(H,21,24)(H,19,20,22). The van der Waals surface area contributed by atoms with E-state index >= 15 is 0 Å². The van der Waals surface area contributed by atoms with Crippen LogP contribution in [0.15, 0.2) is 28.7 Å². The zero-order valence-corrected chi connectivity index (χ0v) is 15.9. The normalized spacial score (nSPS) is 10.8. The second kappa shape index (κ2) is 8.21. The molecule has 0 unspecified atom stereocenters. The first-order chi connectivity index (χ1) is 11.3. The molecule has 0 aliphatic carbocycles. The topological polar surface area (TPSA) is 70.2 Å². The zero-order valence-electron chi connectivity index (χ0n) is 14.4. The minimum absolute atomic E-state index is 0.263. The van der Waals surface area contributed by atoms with Crippen molar-refractivity contribution in [3.8, 4) is 0 Å². The number of nitrogens with zero attached hydrogens (tertiary/aromatic N) is 3. The fourth-order valence-electron chi connectivity index (χ4n) is 2.06. The molecule has 0 saturated carbocycles. The number of nitrogens with one attached hydrogen (secondary N) is 2. The molecule has 0 spiro atoms. The summed E-state index contributed by atoms with van der Waals surface area (Å²) >= 11 is 3.46. The van der Waals surface area contributed by atoms with E-state index in [4.69, 9.17) is 0 Å². The molecule has 0 aliphatic heterocycles.